The lowest BCUT2D eigenvalue weighted by Crippen LogP contribution is -2.45. The zero-order chi connectivity index (χ0) is 21.4. The molecule has 1 heterocycles. The highest BCUT2D eigenvalue weighted by Crippen LogP contribution is 2.33. The highest BCUT2D eigenvalue weighted by molar-refractivity contribution is 5.68. The summed E-state index contributed by atoms with van der Waals surface area (Å²) in [7, 11) is 0. The van der Waals surface area contributed by atoms with Crippen LogP contribution in [-0.4, -0.2) is 50.5 Å². The molecule has 0 radical (unpaired) electrons. The van der Waals surface area contributed by atoms with Crippen molar-refractivity contribution in [1.82, 2.24) is 10.6 Å². The zero-order valence-electron chi connectivity index (χ0n) is 18.6. The van der Waals surface area contributed by atoms with E-state index in [4.69, 9.17) is 15.2 Å². The Labute approximate surface area is 175 Å². The van der Waals surface area contributed by atoms with Gasteiger partial charge in [-0.2, -0.15) is 0 Å². The van der Waals surface area contributed by atoms with E-state index in [1.54, 1.807) is 0 Å². The van der Waals surface area contributed by atoms with Gasteiger partial charge in [0.05, 0.1) is 12.3 Å². The van der Waals surface area contributed by atoms with Gasteiger partial charge in [0.2, 0.25) is 0 Å². The van der Waals surface area contributed by atoms with Gasteiger partial charge in [0.15, 0.2) is 0 Å². The number of hydrogen-bond donors (Lipinski definition) is 3. The van der Waals surface area contributed by atoms with Crippen LogP contribution in [0.5, 0.6) is 5.75 Å². The Balaban J connectivity index is 1.80. The van der Waals surface area contributed by atoms with E-state index in [1.165, 1.54) is 11.3 Å². The number of carbonyl (C=O) groups is 1. The standard InChI is InChI=1S/C22H38N4O3/c1-6-16-14-18(23)20(28-7-2)15-19(16)26-12-8-17(9-13-26)24-10-11-25-21(27)29-22(3,4)5/h14-15,17,24H,6-13,23H2,1-5H3,(H,25,27). The number of ether oxygens (including phenoxy) is 2. The number of nitrogens with one attached hydrogen (secondary N) is 2. The summed E-state index contributed by atoms with van der Waals surface area (Å²) in [5.74, 6) is 0.771. The van der Waals surface area contributed by atoms with Crippen molar-refractivity contribution in [3.63, 3.8) is 0 Å². The molecule has 1 amide bonds. The summed E-state index contributed by atoms with van der Waals surface area (Å²) in [5.41, 5.74) is 8.87. The van der Waals surface area contributed by atoms with Gasteiger partial charge in [-0.3, -0.25) is 0 Å². The van der Waals surface area contributed by atoms with E-state index in [0.29, 0.717) is 24.9 Å². The number of carbonyl (C=O) groups excluding carboxylic acids is 1. The molecular weight excluding hydrogens is 368 g/mol. The van der Waals surface area contributed by atoms with Crippen molar-refractivity contribution in [3.05, 3.63) is 17.7 Å². The lowest BCUT2D eigenvalue weighted by atomic mass is 10.0. The molecule has 1 saturated heterocycles. The zero-order valence-corrected chi connectivity index (χ0v) is 18.6. The van der Waals surface area contributed by atoms with Crippen LogP contribution in [0.25, 0.3) is 0 Å². The maximum Gasteiger partial charge on any atom is 0.407 e. The fourth-order valence-corrected chi connectivity index (χ4v) is 3.57. The topological polar surface area (TPSA) is 88.8 Å². The number of aryl methyl sites for hydroxylation is 1. The number of benzene rings is 1. The number of nitrogens with zero attached hydrogens (tertiary/aromatic N) is 1. The molecule has 1 aromatic rings. The lowest BCUT2D eigenvalue weighted by molar-refractivity contribution is 0.0528. The van der Waals surface area contributed by atoms with Crippen molar-refractivity contribution in [2.75, 3.05) is 43.4 Å². The largest absolute Gasteiger partial charge is 0.492 e. The number of amides is 1. The second-order valence-corrected chi connectivity index (χ2v) is 8.45. The van der Waals surface area contributed by atoms with E-state index in [1.807, 2.05) is 33.8 Å². The second-order valence-electron chi connectivity index (χ2n) is 8.45. The van der Waals surface area contributed by atoms with Crippen molar-refractivity contribution < 1.29 is 14.3 Å². The average molecular weight is 407 g/mol. The molecule has 0 atom stereocenters. The third-order valence-corrected chi connectivity index (χ3v) is 4.95. The van der Waals surface area contributed by atoms with Gasteiger partial charge >= 0.3 is 6.09 Å². The predicted octanol–water partition coefficient (Wildman–Crippen LogP) is 3.31. The Hall–Kier alpha value is -2.15. The monoisotopic (exact) mass is 406 g/mol. The molecule has 0 bridgehead atoms. The van der Waals surface area contributed by atoms with Crippen molar-refractivity contribution >= 4 is 17.5 Å². The molecule has 0 unspecified atom stereocenters. The first-order valence-electron chi connectivity index (χ1n) is 10.7. The van der Waals surface area contributed by atoms with Crippen molar-refractivity contribution in [2.45, 2.75) is 65.5 Å². The van der Waals surface area contributed by atoms with E-state index >= 15 is 0 Å². The van der Waals surface area contributed by atoms with E-state index < -0.39 is 5.60 Å². The Morgan fingerprint density at radius 2 is 1.90 bits per heavy atom. The van der Waals surface area contributed by atoms with Gasteiger partial charge in [-0.25, -0.2) is 4.79 Å². The molecule has 7 nitrogen and oxygen atoms in total. The minimum atomic E-state index is -0.466. The smallest absolute Gasteiger partial charge is 0.407 e. The van der Waals surface area contributed by atoms with Crippen LogP contribution in [0.3, 0.4) is 0 Å². The van der Waals surface area contributed by atoms with Crippen molar-refractivity contribution in [3.8, 4) is 5.75 Å². The molecule has 29 heavy (non-hydrogen) atoms. The summed E-state index contributed by atoms with van der Waals surface area (Å²) in [6, 6.07) is 4.60. The van der Waals surface area contributed by atoms with E-state index in [9.17, 15) is 4.79 Å². The van der Waals surface area contributed by atoms with Crippen molar-refractivity contribution in [1.29, 1.82) is 0 Å². The molecule has 0 aliphatic carbocycles. The number of alkyl carbamates (subject to hydrolysis) is 1. The highest BCUT2D eigenvalue weighted by Gasteiger charge is 2.22. The number of rotatable bonds is 8. The van der Waals surface area contributed by atoms with Crippen LogP contribution < -0.4 is 26.0 Å². The fourth-order valence-electron chi connectivity index (χ4n) is 3.57. The molecule has 1 aliphatic rings. The Kier molecular flexibility index (Phi) is 8.44. The Bertz CT molecular complexity index is 665. The van der Waals surface area contributed by atoms with E-state index in [-0.39, 0.29) is 6.09 Å². The minimum absolute atomic E-state index is 0.366. The Morgan fingerprint density at radius 3 is 2.48 bits per heavy atom. The third kappa shape index (κ3) is 7.31. The lowest BCUT2D eigenvalue weighted by Gasteiger charge is -2.35. The summed E-state index contributed by atoms with van der Waals surface area (Å²) in [4.78, 5) is 14.1. The normalized spacial score (nSPS) is 15.3. The molecule has 1 aromatic carbocycles. The van der Waals surface area contributed by atoms with Gasteiger partial charge in [0, 0.05) is 44.0 Å². The molecular formula is C22H38N4O3. The van der Waals surface area contributed by atoms with Crippen molar-refractivity contribution in [2.24, 2.45) is 0 Å². The summed E-state index contributed by atoms with van der Waals surface area (Å²) in [6.07, 6.45) is 2.70. The molecule has 0 saturated carbocycles. The van der Waals surface area contributed by atoms with Crippen LogP contribution in [0.4, 0.5) is 16.2 Å². The molecule has 7 heteroatoms. The van der Waals surface area contributed by atoms with Crippen LogP contribution in [0.1, 0.15) is 53.0 Å². The molecule has 0 aromatic heterocycles. The van der Waals surface area contributed by atoms with Crippen LogP contribution >= 0.6 is 0 Å². The van der Waals surface area contributed by atoms with Gasteiger partial charge in [0.1, 0.15) is 11.4 Å². The van der Waals surface area contributed by atoms with E-state index in [0.717, 1.165) is 44.6 Å². The Morgan fingerprint density at radius 1 is 1.21 bits per heavy atom. The highest BCUT2D eigenvalue weighted by atomic mass is 16.6. The first kappa shape index (κ1) is 23.1. The second kappa shape index (κ2) is 10.6. The van der Waals surface area contributed by atoms with Gasteiger partial charge in [-0.05, 0) is 58.6 Å². The molecule has 1 aliphatic heterocycles. The molecule has 164 valence electrons. The number of hydrogen-bond acceptors (Lipinski definition) is 6. The quantitative estimate of drug-likeness (QED) is 0.453. The first-order valence-corrected chi connectivity index (χ1v) is 10.7. The van der Waals surface area contributed by atoms with Gasteiger partial charge in [-0.1, -0.05) is 6.92 Å². The summed E-state index contributed by atoms with van der Waals surface area (Å²) in [5, 5.41) is 6.33. The number of anilines is 2. The molecule has 0 spiro atoms. The van der Waals surface area contributed by atoms with Gasteiger partial charge < -0.3 is 30.7 Å². The summed E-state index contributed by atoms with van der Waals surface area (Å²) in [6.45, 7) is 13.6. The summed E-state index contributed by atoms with van der Waals surface area (Å²) < 4.78 is 10.9. The molecule has 1 fully saturated rings. The number of nitrogens with two attached hydrogens (primary N) is 1. The van der Waals surface area contributed by atoms with Crippen LogP contribution in [0.15, 0.2) is 12.1 Å². The molecule has 4 N–H and O–H groups in total. The van der Waals surface area contributed by atoms with E-state index in [2.05, 4.69) is 28.5 Å². The number of piperidine rings is 1. The molecule has 2 rings (SSSR count). The summed E-state index contributed by atoms with van der Waals surface area (Å²) >= 11 is 0. The van der Waals surface area contributed by atoms with Crippen LogP contribution in [-0.2, 0) is 11.2 Å². The minimum Gasteiger partial charge on any atom is -0.492 e. The maximum atomic E-state index is 11.7. The van der Waals surface area contributed by atoms with Crippen LogP contribution in [0.2, 0.25) is 0 Å². The SMILES string of the molecule is CCOc1cc(N2CCC(NCCNC(=O)OC(C)(C)C)CC2)c(CC)cc1N. The maximum absolute atomic E-state index is 11.7. The third-order valence-electron chi connectivity index (χ3n) is 4.95. The van der Waals surface area contributed by atoms with Crippen LogP contribution in [0, 0.1) is 0 Å². The fraction of sp³-hybridized carbons (Fsp3) is 0.682. The van der Waals surface area contributed by atoms with Gasteiger partial charge in [0.25, 0.3) is 0 Å². The number of nitrogen functional groups attached to an aromatic ring is 1. The first-order chi connectivity index (χ1) is 13.7. The van der Waals surface area contributed by atoms with Gasteiger partial charge in [-0.15, -0.1) is 0 Å². The average Bonchev–Trinajstić information content (AvgIpc) is 2.66. The predicted molar refractivity (Wildman–Crippen MR) is 119 cm³/mol.